The van der Waals surface area contributed by atoms with Crippen LogP contribution in [0.1, 0.15) is 64.9 Å². The Morgan fingerprint density at radius 1 is 1.00 bits per heavy atom. The molecular weight excluding hydrogens is 466 g/mol. The number of hydrogen-bond donors (Lipinski definition) is 1. The fourth-order valence-electron chi connectivity index (χ4n) is 2.46. The van der Waals surface area contributed by atoms with Crippen molar-refractivity contribution in [3.05, 3.63) is 29.8 Å². The van der Waals surface area contributed by atoms with Gasteiger partial charge >= 0.3 is 92.4 Å². The summed E-state index contributed by atoms with van der Waals surface area (Å²) in [5.74, 6) is 2.96. The summed E-state index contributed by atoms with van der Waals surface area (Å²) in [5.41, 5.74) is 2.24. The molecule has 1 unspecified atom stereocenters. The molecule has 0 aliphatic carbocycles. The minimum absolute atomic E-state index is 0.496. The fraction of sp³-hybridized carbons (Fsp3) is 0.619. The standard InChI is InChI=1S/C9H9O4P.3C4H9.Sn/c1-13-9-4-2-8(3-5-9)6-7-14(10,11)12;3*1-3-4-2;/h2-5H,1H3,(H2,10,11,12);3*1,3-4H2,2H3;/q;;;;+1/p-1. The molecule has 0 aliphatic heterocycles. The molecule has 0 radical (unpaired) electrons. The first-order valence-electron chi connectivity index (χ1n) is 9.90. The zero-order valence-electron chi connectivity index (χ0n) is 17.3. The molecule has 0 aliphatic rings. The van der Waals surface area contributed by atoms with E-state index in [4.69, 9.17) is 9.63 Å². The van der Waals surface area contributed by atoms with Crippen LogP contribution in [0.5, 0.6) is 5.75 Å². The van der Waals surface area contributed by atoms with Crippen LogP contribution in [0.3, 0.4) is 0 Å². The van der Waals surface area contributed by atoms with Crippen LogP contribution >= 0.6 is 7.60 Å². The minimum atomic E-state index is -4.49. The van der Waals surface area contributed by atoms with Crippen molar-refractivity contribution >= 4 is 27.4 Å². The summed E-state index contributed by atoms with van der Waals surface area (Å²) in [6.45, 7) is 7.00. The van der Waals surface area contributed by atoms with Crippen molar-refractivity contribution in [2.75, 3.05) is 7.11 Å². The Labute approximate surface area is 173 Å². The minimum Gasteiger partial charge on any atom is -0.769 e. The third kappa shape index (κ3) is 16.2. The molecule has 0 fully saturated rings. The molecule has 0 aromatic heterocycles. The van der Waals surface area contributed by atoms with Crippen LogP contribution in [-0.4, -0.2) is 31.8 Å². The average molecular weight is 501 g/mol. The molecule has 27 heavy (non-hydrogen) atoms. The molecule has 0 heterocycles. The van der Waals surface area contributed by atoms with E-state index in [0.717, 1.165) is 0 Å². The van der Waals surface area contributed by atoms with Crippen LogP contribution in [0.4, 0.5) is 0 Å². The summed E-state index contributed by atoms with van der Waals surface area (Å²) >= 11 is -0.839. The first-order valence-corrected chi connectivity index (χ1v) is 17.5. The predicted octanol–water partition coefficient (Wildman–Crippen LogP) is 5.43. The summed E-state index contributed by atoms with van der Waals surface area (Å²) < 4.78 is 20.3. The molecule has 0 saturated heterocycles. The second-order valence-electron chi connectivity index (χ2n) is 6.55. The molecule has 6 heteroatoms. The quantitative estimate of drug-likeness (QED) is 0.264. The van der Waals surface area contributed by atoms with Gasteiger partial charge in [0.1, 0.15) is 5.75 Å². The molecule has 1 atom stereocenters. The molecule has 0 amide bonds. The second-order valence-corrected chi connectivity index (χ2v) is 16.4. The maximum atomic E-state index is 10.3. The summed E-state index contributed by atoms with van der Waals surface area (Å²) in [6, 6.07) is 6.50. The van der Waals surface area contributed by atoms with E-state index in [1.807, 2.05) is 0 Å². The van der Waals surface area contributed by atoms with Crippen molar-refractivity contribution in [3.63, 3.8) is 0 Å². The van der Waals surface area contributed by atoms with Gasteiger partial charge in [-0.25, -0.2) is 0 Å². The van der Waals surface area contributed by atoms with Crippen LogP contribution in [0.25, 0.3) is 0 Å². The van der Waals surface area contributed by atoms with Gasteiger partial charge in [0, 0.05) is 5.56 Å². The summed E-state index contributed by atoms with van der Waals surface area (Å²) in [5, 5.41) is 0. The van der Waals surface area contributed by atoms with Crippen LogP contribution in [-0.2, 0) is 4.57 Å². The molecule has 1 rings (SSSR count). The van der Waals surface area contributed by atoms with E-state index in [-0.39, 0.29) is 0 Å². The smallest absolute Gasteiger partial charge is 0.206 e. The monoisotopic (exact) mass is 502 g/mol. The van der Waals surface area contributed by atoms with Gasteiger partial charge in [-0.15, -0.1) is 0 Å². The van der Waals surface area contributed by atoms with Crippen molar-refractivity contribution in [3.8, 4) is 17.3 Å². The number of methoxy groups -OCH3 is 1. The molecule has 1 aromatic carbocycles. The second kappa shape index (κ2) is 16.5. The number of rotatable bonds is 10. The van der Waals surface area contributed by atoms with E-state index in [2.05, 4.69) is 26.7 Å². The average Bonchev–Trinajstić information content (AvgIpc) is 2.66. The van der Waals surface area contributed by atoms with Crippen molar-refractivity contribution in [1.82, 2.24) is 0 Å². The number of hydrogen-bond acceptors (Lipinski definition) is 3. The molecule has 4 nitrogen and oxygen atoms in total. The van der Waals surface area contributed by atoms with Gasteiger partial charge < -0.3 is 14.5 Å². The van der Waals surface area contributed by atoms with Crippen LogP contribution in [0.2, 0.25) is 13.3 Å². The Morgan fingerprint density at radius 2 is 1.44 bits per heavy atom. The Balaban J connectivity index is 0.000000503. The van der Waals surface area contributed by atoms with Crippen LogP contribution in [0.15, 0.2) is 24.3 Å². The van der Waals surface area contributed by atoms with Gasteiger partial charge in [-0.1, -0.05) is 5.92 Å². The molecule has 0 bridgehead atoms. The van der Waals surface area contributed by atoms with E-state index in [1.54, 1.807) is 43.2 Å². The van der Waals surface area contributed by atoms with E-state index in [9.17, 15) is 9.46 Å². The van der Waals surface area contributed by atoms with E-state index in [0.29, 0.717) is 11.3 Å². The van der Waals surface area contributed by atoms with E-state index >= 15 is 0 Å². The Bertz CT molecular complexity index is 567. The Morgan fingerprint density at radius 3 is 1.78 bits per heavy atom. The zero-order chi connectivity index (χ0) is 20.5. The van der Waals surface area contributed by atoms with E-state index < -0.39 is 27.4 Å². The van der Waals surface area contributed by atoms with Gasteiger partial charge in [0.15, 0.2) is 0 Å². The maximum absolute atomic E-state index is 10.3. The van der Waals surface area contributed by atoms with Gasteiger partial charge in [-0.3, -0.25) is 4.57 Å². The topological polar surface area (TPSA) is 69.6 Å². The number of unbranched alkanes of at least 4 members (excludes halogenated alkanes) is 3. The summed E-state index contributed by atoms with van der Waals surface area (Å²) in [6.07, 6.45) is 8.85. The SMILES string of the molecule is CCC[CH2][Sn+]([CH2]CCC)[CH2]CCC.COc1ccc(C#CP(=O)([O-])O)cc1. The fourth-order valence-corrected chi connectivity index (χ4v) is 12.2. The first kappa shape index (κ1) is 26.5. The molecule has 1 aromatic rings. The predicted molar refractivity (Wildman–Crippen MR) is 115 cm³/mol. The van der Waals surface area contributed by atoms with Gasteiger partial charge in [-0.05, 0) is 29.9 Å². The third-order valence-corrected chi connectivity index (χ3v) is 13.6. The number of ether oxygens (including phenoxy) is 1. The largest absolute Gasteiger partial charge is 0.769 e. The maximum Gasteiger partial charge on any atom is 0.206 e. The van der Waals surface area contributed by atoms with Crippen molar-refractivity contribution in [2.24, 2.45) is 0 Å². The van der Waals surface area contributed by atoms with Gasteiger partial charge in [0.25, 0.3) is 0 Å². The van der Waals surface area contributed by atoms with E-state index in [1.165, 1.54) is 45.6 Å². The zero-order valence-corrected chi connectivity index (χ0v) is 21.0. The Hall–Kier alpha value is -0.471. The van der Waals surface area contributed by atoms with Crippen LogP contribution in [0, 0.1) is 11.6 Å². The Kier molecular flexibility index (Phi) is 16.2. The first-order chi connectivity index (χ1) is 12.9. The van der Waals surface area contributed by atoms with Crippen molar-refractivity contribution < 1.29 is 19.1 Å². The molecule has 1 N–H and O–H groups in total. The molecule has 152 valence electrons. The van der Waals surface area contributed by atoms with Crippen molar-refractivity contribution in [2.45, 2.75) is 72.6 Å². The van der Waals surface area contributed by atoms with Crippen LogP contribution < -0.4 is 9.63 Å². The van der Waals surface area contributed by atoms with Gasteiger partial charge in [0.05, 0.1) is 7.11 Å². The number of benzene rings is 1. The normalized spacial score (nSPS) is 12.1. The molecule has 0 spiro atoms. The molecule has 0 saturated carbocycles. The summed E-state index contributed by atoms with van der Waals surface area (Å²) in [4.78, 5) is 18.7. The third-order valence-electron chi connectivity index (χ3n) is 4.08. The molecular formula is C21H35O4PSn. The summed E-state index contributed by atoms with van der Waals surface area (Å²) in [7, 11) is -2.96. The van der Waals surface area contributed by atoms with Crippen molar-refractivity contribution in [1.29, 1.82) is 0 Å². The van der Waals surface area contributed by atoms with Gasteiger partial charge in [0.2, 0.25) is 7.60 Å². The van der Waals surface area contributed by atoms with Gasteiger partial charge in [-0.2, -0.15) is 0 Å².